The van der Waals surface area contributed by atoms with Gasteiger partial charge in [0.25, 0.3) is 0 Å². The standard InChI is InChI=1S/C18H18FNO4/c1-13-6-3-4-9-17(13)23-11-14-7-5-8-16(19)15(14)12-24-20-10-18(21)22-2/h3-10H,11-12H2,1-2H3. The Morgan fingerprint density at radius 1 is 1.17 bits per heavy atom. The molecule has 0 amide bonds. The highest BCUT2D eigenvalue weighted by Gasteiger charge is 2.10. The number of carbonyl (C=O) groups excluding carboxylic acids is 1. The summed E-state index contributed by atoms with van der Waals surface area (Å²) >= 11 is 0. The summed E-state index contributed by atoms with van der Waals surface area (Å²) in [5, 5.41) is 3.45. The molecular formula is C18H18FNO4. The number of oxime groups is 1. The molecule has 0 bridgehead atoms. The van der Waals surface area contributed by atoms with Crippen molar-refractivity contribution >= 4 is 12.2 Å². The second kappa shape index (κ2) is 8.67. The molecule has 2 rings (SSSR count). The number of carbonyl (C=O) groups is 1. The van der Waals surface area contributed by atoms with Crippen LogP contribution in [0.15, 0.2) is 47.6 Å². The lowest BCUT2D eigenvalue weighted by Gasteiger charge is -2.12. The smallest absolute Gasteiger partial charge is 0.352 e. The zero-order chi connectivity index (χ0) is 17.4. The molecule has 0 aliphatic carbocycles. The first kappa shape index (κ1) is 17.5. The van der Waals surface area contributed by atoms with Gasteiger partial charge in [-0.15, -0.1) is 0 Å². The molecule has 6 heteroatoms. The van der Waals surface area contributed by atoms with Crippen LogP contribution in [0.3, 0.4) is 0 Å². The molecule has 0 unspecified atom stereocenters. The molecular weight excluding hydrogens is 313 g/mol. The van der Waals surface area contributed by atoms with E-state index >= 15 is 0 Å². The van der Waals surface area contributed by atoms with E-state index in [1.165, 1.54) is 13.2 Å². The number of esters is 1. The van der Waals surface area contributed by atoms with Crippen molar-refractivity contribution < 1.29 is 23.5 Å². The number of nitrogens with zero attached hydrogens (tertiary/aromatic N) is 1. The number of para-hydroxylation sites is 1. The lowest BCUT2D eigenvalue weighted by atomic mass is 10.1. The number of halogens is 1. The molecule has 0 fully saturated rings. The lowest BCUT2D eigenvalue weighted by Crippen LogP contribution is -2.05. The van der Waals surface area contributed by atoms with Crippen LogP contribution < -0.4 is 4.74 Å². The first-order valence-electron chi connectivity index (χ1n) is 7.29. The molecule has 0 radical (unpaired) electrons. The predicted octanol–water partition coefficient (Wildman–Crippen LogP) is 3.39. The fourth-order valence-electron chi connectivity index (χ4n) is 2.01. The van der Waals surface area contributed by atoms with Crippen molar-refractivity contribution in [3.05, 3.63) is 65.0 Å². The van der Waals surface area contributed by atoms with Crippen LogP contribution in [0.25, 0.3) is 0 Å². The molecule has 0 aliphatic rings. The average Bonchev–Trinajstić information content (AvgIpc) is 2.59. The van der Waals surface area contributed by atoms with Crippen LogP contribution in [0, 0.1) is 12.7 Å². The van der Waals surface area contributed by atoms with Gasteiger partial charge in [-0.1, -0.05) is 35.5 Å². The van der Waals surface area contributed by atoms with E-state index in [2.05, 4.69) is 9.89 Å². The van der Waals surface area contributed by atoms with Crippen LogP contribution in [0.2, 0.25) is 0 Å². The summed E-state index contributed by atoms with van der Waals surface area (Å²) in [5.74, 6) is -0.335. The summed E-state index contributed by atoms with van der Waals surface area (Å²) < 4.78 is 24.2. The van der Waals surface area contributed by atoms with E-state index in [-0.39, 0.29) is 13.2 Å². The van der Waals surface area contributed by atoms with Gasteiger partial charge in [0, 0.05) is 5.56 Å². The molecule has 24 heavy (non-hydrogen) atoms. The molecule has 0 spiro atoms. The van der Waals surface area contributed by atoms with Crippen LogP contribution in [-0.4, -0.2) is 19.3 Å². The monoisotopic (exact) mass is 331 g/mol. The van der Waals surface area contributed by atoms with Crippen LogP contribution in [0.5, 0.6) is 5.75 Å². The normalized spacial score (nSPS) is 10.6. The summed E-state index contributed by atoms with van der Waals surface area (Å²) in [5.41, 5.74) is 1.97. The van der Waals surface area contributed by atoms with E-state index in [0.717, 1.165) is 17.5 Å². The maximum Gasteiger partial charge on any atom is 0.352 e. The zero-order valence-electron chi connectivity index (χ0n) is 13.5. The van der Waals surface area contributed by atoms with Gasteiger partial charge in [0.15, 0.2) is 6.21 Å². The van der Waals surface area contributed by atoms with Crippen LogP contribution in [-0.2, 0) is 27.6 Å². The molecule has 126 valence electrons. The van der Waals surface area contributed by atoms with Gasteiger partial charge in [0.1, 0.15) is 24.8 Å². The van der Waals surface area contributed by atoms with Crippen molar-refractivity contribution in [3.8, 4) is 5.75 Å². The lowest BCUT2D eigenvalue weighted by molar-refractivity contribution is -0.132. The predicted molar refractivity (Wildman–Crippen MR) is 87.2 cm³/mol. The van der Waals surface area contributed by atoms with Gasteiger partial charge in [-0.2, -0.15) is 0 Å². The quantitative estimate of drug-likeness (QED) is 0.443. The topological polar surface area (TPSA) is 57.1 Å². The van der Waals surface area contributed by atoms with Crippen molar-refractivity contribution in [2.45, 2.75) is 20.1 Å². The van der Waals surface area contributed by atoms with E-state index in [1.807, 2.05) is 31.2 Å². The first-order valence-corrected chi connectivity index (χ1v) is 7.29. The molecule has 0 atom stereocenters. The van der Waals surface area contributed by atoms with Gasteiger partial charge in [0.2, 0.25) is 0 Å². The van der Waals surface area contributed by atoms with Gasteiger partial charge in [-0.05, 0) is 30.2 Å². The van der Waals surface area contributed by atoms with Gasteiger partial charge < -0.3 is 14.3 Å². The minimum Gasteiger partial charge on any atom is -0.489 e. The molecule has 2 aromatic carbocycles. The van der Waals surface area contributed by atoms with Crippen molar-refractivity contribution in [2.24, 2.45) is 5.16 Å². The third kappa shape index (κ3) is 4.81. The van der Waals surface area contributed by atoms with Crippen molar-refractivity contribution in [3.63, 3.8) is 0 Å². The third-order valence-corrected chi connectivity index (χ3v) is 3.34. The number of rotatable bonds is 7. The van der Waals surface area contributed by atoms with Gasteiger partial charge in [-0.25, -0.2) is 9.18 Å². The van der Waals surface area contributed by atoms with E-state index in [0.29, 0.717) is 11.1 Å². The Kier molecular flexibility index (Phi) is 6.31. The molecule has 0 aliphatic heterocycles. The summed E-state index contributed by atoms with van der Waals surface area (Å²) in [4.78, 5) is 15.9. The van der Waals surface area contributed by atoms with Gasteiger partial charge in [-0.3, -0.25) is 0 Å². The highest BCUT2D eigenvalue weighted by Crippen LogP contribution is 2.21. The largest absolute Gasteiger partial charge is 0.489 e. The summed E-state index contributed by atoms with van der Waals surface area (Å²) in [6.45, 7) is 2.01. The Morgan fingerprint density at radius 2 is 1.96 bits per heavy atom. The fraction of sp³-hybridized carbons (Fsp3) is 0.222. The van der Waals surface area contributed by atoms with E-state index in [1.54, 1.807) is 12.1 Å². The Bertz CT molecular complexity index is 731. The van der Waals surface area contributed by atoms with E-state index in [4.69, 9.17) is 9.57 Å². The van der Waals surface area contributed by atoms with Crippen LogP contribution >= 0.6 is 0 Å². The molecule has 0 heterocycles. The maximum absolute atomic E-state index is 14.0. The van der Waals surface area contributed by atoms with Crippen molar-refractivity contribution in [1.29, 1.82) is 0 Å². The second-order valence-electron chi connectivity index (χ2n) is 4.96. The average molecular weight is 331 g/mol. The maximum atomic E-state index is 14.0. The van der Waals surface area contributed by atoms with Crippen molar-refractivity contribution in [1.82, 2.24) is 0 Å². The Hall–Kier alpha value is -2.89. The SMILES string of the molecule is COC(=O)C=NOCc1c(F)cccc1COc1ccccc1C. The highest BCUT2D eigenvalue weighted by molar-refractivity contribution is 6.22. The van der Waals surface area contributed by atoms with Crippen LogP contribution in [0.4, 0.5) is 4.39 Å². The summed E-state index contributed by atoms with van der Waals surface area (Å²) in [7, 11) is 1.23. The van der Waals surface area contributed by atoms with Crippen molar-refractivity contribution in [2.75, 3.05) is 7.11 Å². The second-order valence-corrected chi connectivity index (χ2v) is 4.96. The van der Waals surface area contributed by atoms with E-state index in [9.17, 15) is 9.18 Å². The molecule has 0 saturated heterocycles. The van der Waals surface area contributed by atoms with Crippen LogP contribution in [0.1, 0.15) is 16.7 Å². The Morgan fingerprint density at radius 3 is 2.71 bits per heavy atom. The molecule has 2 aromatic rings. The number of methoxy groups -OCH3 is 1. The highest BCUT2D eigenvalue weighted by atomic mass is 19.1. The van der Waals surface area contributed by atoms with E-state index < -0.39 is 11.8 Å². The minimum absolute atomic E-state index is 0.118. The minimum atomic E-state index is -0.647. The fourth-order valence-corrected chi connectivity index (χ4v) is 2.01. The number of aryl methyl sites for hydroxylation is 1. The molecule has 0 N–H and O–H groups in total. The number of ether oxygens (including phenoxy) is 2. The first-order chi connectivity index (χ1) is 11.6. The summed E-state index contributed by atoms with van der Waals surface area (Å²) in [6.07, 6.45) is 0.879. The molecule has 0 saturated carbocycles. The summed E-state index contributed by atoms with van der Waals surface area (Å²) in [6, 6.07) is 12.3. The van der Waals surface area contributed by atoms with Gasteiger partial charge >= 0.3 is 5.97 Å². The molecule has 0 aromatic heterocycles. The Labute approximate surface area is 139 Å². The number of benzene rings is 2. The number of hydrogen-bond donors (Lipinski definition) is 0. The third-order valence-electron chi connectivity index (χ3n) is 3.34. The number of hydrogen-bond acceptors (Lipinski definition) is 5. The van der Waals surface area contributed by atoms with Gasteiger partial charge in [0.05, 0.1) is 7.11 Å². The molecule has 5 nitrogen and oxygen atoms in total. The Balaban J connectivity index is 2.05. The zero-order valence-corrected chi connectivity index (χ0v) is 13.5.